The van der Waals surface area contributed by atoms with Gasteiger partial charge in [-0.15, -0.1) is 0 Å². The van der Waals surface area contributed by atoms with Crippen molar-refractivity contribution in [2.75, 3.05) is 18.4 Å². The Labute approximate surface area is 198 Å². The molecule has 2 aliphatic heterocycles. The fourth-order valence-corrected chi connectivity index (χ4v) is 6.14. The number of hydrogen-bond donors (Lipinski definition) is 1. The van der Waals surface area contributed by atoms with Gasteiger partial charge in [0.1, 0.15) is 17.6 Å². The lowest BCUT2D eigenvalue weighted by Gasteiger charge is -2.17. The number of carbonyl (C=O) groups is 2. The van der Waals surface area contributed by atoms with Crippen LogP contribution in [0.25, 0.3) is 11.1 Å². The zero-order valence-electron chi connectivity index (χ0n) is 19.2. The molecule has 0 aromatic carbocycles. The number of nitrogens with zero attached hydrogens (tertiary/aromatic N) is 4. The molecule has 0 radical (unpaired) electrons. The van der Waals surface area contributed by atoms with E-state index in [1.54, 1.807) is 13.1 Å². The number of nitriles is 1. The molecule has 2 aromatic heterocycles. The number of rotatable bonds is 3. The first-order chi connectivity index (χ1) is 15.6. The van der Waals surface area contributed by atoms with Crippen LogP contribution in [0.1, 0.15) is 45.0 Å². The lowest BCUT2D eigenvalue weighted by Crippen LogP contribution is -2.29. The fourth-order valence-electron chi connectivity index (χ4n) is 5.94. The van der Waals surface area contributed by atoms with Gasteiger partial charge < -0.3 is 14.8 Å². The molecule has 1 saturated heterocycles. The third kappa shape index (κ3) is 3.91. The van der Waals surface area contributed by atoms with E-state index in [0.717, 1.165) is 55.7 Å². The second kappa shape index (κ2) is 7.88. The summed E-state index contributed by atoms with van der Waals surface area (Å²) < 4.78 is 2.08. The summed E-state index contributed by atoms with van der Waals surface area (Å²) in [4.78, 5) is 30.9. The second-order valence-electron chi connectivity index (χ2n) is 10.6. The number of anilines is 1. The van der Waals surface area contributed by atoms with Crippen LogP contribution < -0.4 is 5.32 Å². The van der Waals surface area contributed by atoms with E-state index in [1.165, 1.54) is 0 Å². The van der Waals surface area contributed by atoms with E-state index >= 15 is 0 Å². The van der Waals surface area contributed by atoms with Crippen molar-refractivity contribution in [3.05, 3.63) is 34.7 Å². The summed E-state index contributed by atoms with van der Waals surface area (Å²) in [5.41, 5.74) is 3.51. The van der Waals surface area contributed by atoms with Gasteiger partial charge in [-0.25, -0.2) is 4.98 Å². The topological polar surface area (TPSA) is 91.0 Å². The van der Waals surface area contributed by atoms with Crippen molar-refractivity contribution >= 4 is 29.2 Å². The molecular formula is C25H28ClN5O2. The first-order valence-corrected chi connectivity index (χ1v) is 11.9. The lowest BCUT2D eigenvalue weighted by atomic mass is 9.89. The smallest absolute Gasteiger partial charge is 0.228 e. The molecule has 2 aromatic rings. The summed E-state index contributed by atoms with van der Waals surface area (Å²) in [6, 6.07) is 6.00. The molecule has 2 fully saturated rings. The predicted octanol–water partition coefficient (Wildman–Crippen LogP) is 4.10. The van der Waals surface area contributed by atoms with Gasteiger partial charge in [-0.2, -0.15) is 5.26 Å². The molecule has 4 heterocycles. The average molecular weight is 466 g/mol. The number of fused-ring (bicyclic) bond motifs is 2. The van der Waals surface area contributed by atoms with E-state index in [4.69, 9.17) is 11.6 Å². The maximum Gasteiger partial charge on any atom is 0.228 e. The van der Waals surface area contributed by atoms with Gasteiger partial charge in [-0.05, 0) is 48.6 Å². The molecule has 2 unspecified atom stereocenters. The third-order valence-corrected chi connectivity index (χ3v) is 7.82. The monoisotopic (exact) mass is 465 g/mol. The van der Waals surface area contributed by atoms with Crippen molar-refractivity contribution in [3.8, 4) is 17.2 Å². The first-order valence-electron chi connectivity index (χ1n) is 11.5. The van der Waals surface area contributed by atoms with Crippen LogP contribution in [-0.4, -0.2) is 39.4 Å². The molecule has 8 heteroatoms. The van der Waals surface area contributed by atoms with E-state index in [0.29, 0.717) is 28.4 Å². The van der Waals surface area contributed by atoms with Crippen molar-refractivity contribution in [1.82, 2.24) is 14.5 Å². The minimum atomic E-state index is -0.0697. The molecule has 5 rings (SSSR count). The van der Waals surface area contributed by atoms with Gasteiger partial charge in [0.25, 0.3) is 0 Å². The van der Waals surface area contributed by atoms with E-state index in [-0.39, 0.29) is 23.1 Å². The van der Waals surface area contributed by atoms with Crippen LogP contribution in [0.4, 0.5) is 5.82 Å². The summed E-state index contributed by atoms with van der Waals surface area (Å²) >= 11 is 6.52. The van der Waals surface area contributed by atoms with Crippen molar-refractivity contribution in [3.63, 3.8) is 0 Å². The van der Waals surface area contributed by atoms with Crippen LogP contribution in [0, 0.1) is 34.5 Å². The Morgan fingerprint density at radius 3 is 2.55 bits per heavy atom. The maximum atomic E-state index is 13.0. The Bertz CT molecular complexity index is 1180. The van der Waals surface area contributed by atoms with Crippen LogP contribution in [0.3, 0.4) is 0 Å². The summed E-state index contributed by atoms with van der Waals surface area (Å²) in [6.45, 7) is 8.29. The van der Waals surface area contributed by atoms with Gasteiger partial charge in [-0.3, -0.25) is 9.59 Å². The number of amides is 2. The molecule has 0 spiro atoms. The third-order valence-electron chi connectivity index (χ3n) is 7.52. The maximum absolute atomic E-state index is 13.0. The second-order valence-corrected chi connectivity index (χ2v) is 11.0. The number of likely N-dealkylation sites (tertiary alicyclic amines) is 1. The lowest BCUT2D eigenvalue weighted by molar-refractivity contribution is -0.128. The summed E-state index contributed by atoms with van der Waals surface area (Å²) in [6.07, 6.45) is 4.02. The van der Waals surface area contributed by atoms with Gasteiger partial charge in [-0.1, -0.05) is 25.4 Å². The fraction of sp³-hybridized carbons (Fsp3) is 0.520. The standard InChI is InChI=1S/C25H28ClN5O2/c1-14(32)30-11-16-4-15(5-17(16)12-30)24(33)29-23-7-19(21(26)10-28-23)20-6-18(9-27)31-13-25(2,3)8-22(20)31/h6-7,10,15-17H,4-5,8,11-13H2,1-3H3,(H,28,29,33). The molecule has 1 aliphatic carbocycles. The molecule has 3 aliphatic rings. The van der Waals surface area contributed by atoms with Crippen LogP contribution in [-0.2, 0) is 22.6 Å². The van der Waals surface area contributed by atoms with Crippen molar-refractivity contribution in [2.45, 2.75) is 46.6 Å². The van der Waals surface area contributed by atoms with Gasteiger partial charge in [0, 0.05) is 55.5 Å². The summed E-state index contributed by atoms with van der Waals surface area (Å²) in [5, 5.41) is 13.1. The molecule has 1 saturated carbocycles. The minimum absolute atomic E-state index is 0.0273. The molecule has 2 amide bonds. The largest absolute Gasteiger partial charge is 0.342 e. The zero-order chi connectivity index (χ0) is 23.5. The van der Waals surface area contributed by atoms with Crippen molar-refractivity contribution < 1.29 is 9.59 Å². The number of pyridine rings is 1. The number of halogens is 1. The molecular weight excluding hydrogens is 438 g/mol. The van der Waals surface area contributed by atoms with E-state index in [1.807, 2.05) is 17.0 Å². The van der Waals surface area contributed by atoms with Gasteiger partial charge in [0.05, 0.1) is 5.02 Å². The summed E-state index contributed by atoms with van der Waals surface area (Å²) in [5.74, 6) is 1.28. The van der Waals surface area contributed by atoms with E-state index in [2.05, 4.69) is 34.8 Å². The SMILES string of the molecule is CC(=O)N1CC2CC(C(=O)Nc3cc(-c4cc(C#N)n5c4CC(C)(C)C5)c(Cl)cn3)CC2C1. The van der Waals surface area contributed by atoms with E-state index < -0.39 is 0 Å². The van der Waals surface area contributed by atoms with Crippen molar-refractivity contribution in [2.24, 2.45) is 23.2 Å². The Morgan fingerprint density at radius 2 is 1.91 bits per heavy atom. The highest BCUT2D eigenvalue weighted by molar-refractivity contribution is 6.33. The van der Waals surface area contributed by atoms with Gasteiger partial charge in [0.15, 0.2) is 0 Å². The Hall–Kier alpha value is -2.85. The van der Waals surface area contributed by atoms with Gasteiger partial charge in [0.2, 0.25) is 11.8 Å². The highest BCUT2D eigenvalue weighted by Crippen LogP contribution is 2.43. The number of aromatic nitrogens is 2. The number of hydrogen-bond acceptors (Lipinski definition) is 4. The average Bonchev–Trinajstić information content (AvgIpc) is 3.47. The number of carbonyl (C=O) groups excluding carboxylic acids is 2. The molecule has 172 valence electrons. The molecule has 1 N–H and O–H groups in total. The van der Waals surface area contributed by atoms with Gasteiger partial charge >= 0.3 is 0 Å². The zero-order valence-corrected chi connectivity index (χ0v) is 19.9. The molecule has 33 heavy (non-hydrogen) atoms. The minimum Gasteiger partial charge on any atom is -0.342 e. The highest BCUT2D eigenvalue weighted by Gasteiger charge is 2.44. The Balaban J connectivity index is 1.35. The molecule has 0 bridgehead atoms. The Kier molecular flexibility index (Phi) is 5.24. The summed E-state index contributed by atoms with van der Waals surface area (Å²) in [7, 11) is 0. The number of nitrogens with one attached hydrogen (secondary N) is 1. The van der Waals surface area contributed by atoms with Crippen LogP contribution in [0.15, 0.2) is 18.3 Å². The highest BCUT2D eigenvalue weighted by atomic mass is 35.5. The Morgan fingerprint density at radius 1 is 1.21 bits per heavy atom. The molecule has 2 atom stereocenters. The predicted molar refractivity (Wildman–Crippen MR) is 125 cm³/mol. The quantitative estimate of drug-likeness (QED) is 0.738. The van der Waals surface area contributed by atoms with Crippen LogP contribution >= 0.6 is 11.6 Å². The molecule has 7 nitrogen and oxygen atoms in total. The van der Waals surface area contributed by atoms with Crippen molar-refractivity contribution in [1.29, 1.82) is 5.26 Å². The van der Waals surface area contributed by atoms with Crippen LogP contribution in [0.5, 0.6) is 0 Å². The van der Waals surface area contributed by atoms with E-state index in [9.17, 15) is 14.9 Å². The van der Waals surface area contributed by atoms with Crippen LogP contribution in [0.2, 0.25) is 5.02 Å². The first kappa shape index (κ1) is 22.0. The normalized spacial score (nSPS) is 24.9.